The van der Waals surface area contributed by atoms with E-state index < -0.39 is 0 Å². The molecule has 0 aromatic heterocycles. The van der Waals surface area contributed by atoms with Crippen LogP contribution in [0.1, 0.15) is 6.42 Å². The van der Waals surface area contributed by atoms with Crippen LogP contribution in [-0.4, -0.2) is 11.4 Å². The van der Waals surface area contributed by atoms with Crippen molar-refractivity contribution in [2.45, 2.75) is 6.42 Å². The molecular weight excluding hydrogens is 86.1 g/mol. The van der Waals surface area contributed by atoms with E-state index in [-0.39, 0.29) is 0 Å². The second-order valence-corrected chi connectivity index (χ2v) is 1.50. The third kappa shape index (κ3) is 0.747. The molecule has 1 aliphatic heterocycles. The molecular formula is C6H7N. The highest BCUT2D eigenvalue weighted by atomic mass is 15.1. The largest absolute Gasteiger partial charge is 0.309 e. The highest BCUT2D eigenvalue weighted by Gasteiger charge is 1.96. The summed E-state index contributed by atoms with van der Waals surface area (Å²) < 4.78 is 0. The van der Waals surface area contributed by atoms with Crippen LogP contribution in [-0.2, 0) is 0 Å². The lowest BCUT2D eigenvalue weighted by atomic mass is 10.5. The summed E-state index contributed by atoms with van der Waals surface area (Å²) in [5.41, 5.74) is 0. The Balaban J connectivity index is 2.47. The van der Waals surface area contributed by atoms with E-state index in [1.165, 1.54) is 0 Å². The summed E-state index contributed by atoms with van der Waals surface area (Å²) >= 11 is 0. The fraction of sp³-hybridized carbons (Fsp3) is 0.333. The van der Waals surface area contributed by atoms with Crippen LogP contribution >= 0.6 is 0 Å². The van der Waals surface area contributed by atoms with Gasteiger partial charge in [-0.1, -0.05) is 12.5 Å². The lowest BCUT2D eigenvalue weighted by molar-refractivity contribution is 0.580. The van der Waals surface area contributed by atoms with Crippen LogP contribution in [0.15, 0.2) is 12.3 Å². The maximum Gasteiger partial charge on any atom is 0.0343 e. The Morgan fingerprint density at radius 3 is 2.86 bits per heavy atom. The molecule has 0 aromatic carbocycles. The predicted molar refractivity (Wildman–Crippen MR) is 29.3 cm³/mol. The molecule has 0 atom stereocenters. The van der Waals surface area contributed by atoms with Gasteiger partial charge in [0.05, 0.1) is 0 Å². The van der Waals surface area contributed by atoms with Gasteiger partial charge >= 0.3 is 0 Å². The van der Waals surface area contributed by atoms with Crippen LogP contribution in [0.2, 0.25) is 0 Å². The molecule has 0 fully saturated rings. The second kappa shape index (κ2) is 1.70. The fourth-order valence-corrected chi connectivity index (χ4v) is 0.598. The topological polar surface area (TPSA) is 3.24 Å². The highest BCUT2D eigenvalue weighted by Crippen LogP contribution is 1.99. The average Bonchev–Trinajstić information content (AvgIpc) is 2.14. The van der Waals surface area contributed by atoms with Crippen LogP contribution in [0.4, 0.5) is 0 Å². The lowest BCUT2D eigenvalue weighted by Crippen LogP contribution is -2.04. The van der Waals surface area contributed by atoms with E-state index in [2.05, 4.69) is 12.1 Å². The Morgan fingerprint density at radius 2 is 2.57 bits per heavy atom. The molecule has 0 radical (unpaired) electrons. The average molecular weight is 93.1 g/mol. The van der Waals surface area contributed by atoms with Crippen LogP contribution in [0.5, 0.6) is 0 Å². The Hall–Kier alpha value is -0.900. The standard InChI is InChI=1S/C6H7N/c1-2-7-5-3-4-6-7/h1,3,5H,4,6H2. The third-order valence-electron chi connectivity index (χ3n) is 0.988. The van der Waals surface area contributed by atoms with Crippen molar-refractivity contribution >= 4 is 0 Å². The molecule has 0 saturated carbocycles. The third-order valence-corrected chi connectivity index (χ3v) is 0.988. The van der Waals surface area contributed by atoms with Crippen LogP contribution < -0.4 is 0 Å². The molecule has 1 rings (SSSR count). The molecule has 0 N–H and O–H groups in total. The van der Waals surface area contributed by atoms with Crippen molar-refractivity contribution in [3.63, 3.8) is 0 Å². The monoisotopic (exact) mass is 93.1 g/mol. The summed E-state index contributed by atoms with van der Waals surface area (Å²) in [5.74, 6) is 0. The van der Waals surface area contributed by atoms with Crippen molar-refractivity contribution < 1.29 is 0 Å². The fourth-order valence-electron chi connectivity index (χ4n) is 0.598. The first-order valence-electron chi connectivity index (χ1n) is 2.33. The summed E-state index contributed by atoms with van der Waals surface area (Å²) in [5, 5.41) is 0. The summed E-state index contributed by atoms with van der Waals surface area (Å²) in [6, 6.07) is 2.51. The molecule has 1 heterocycles. The van der Waals surface area contributed by atoms with Gasteiger partial charge in [-0.2, -0.15) is 0 Å². The van der Waals surface area contributed by atoms with Gasteiger partial charge in [0.25, 0.3) is 0 Å². The van der Waals surface area contributed by atoms with Crippen LogP contribution in [0.3, 0.4) is 0 Å². The van der Waals surface area contributed by atoms with Crippen LogP contribution in [0, 0.1) is 12.5 Å². The normalized spacial score (nSPS) is 17.3. The van der Waals surface area contributed by atoms with Gasteiger partial charge in [-0.25, -0.2) is 0 Å². The summed E-state index contributed by atoms with van der Waals surface area (Å²) in [7, 11) is 0. The number of nitrogens with zero attached hydrogens (tertiary/aromatic N) is 1. The van der Waals surface area contributed by atoms with E-state index in [1.807, 2.05) is 11.1 Å². The molecule has 0 aromatic rings. The van der Waals surface area contributed by atoms with E-state index >= 15 is 0 Å². The van der Waals surface area contributed by atoms with Gasteiger partial charge in [0.15, 0.2) is 0 Å². The molecule has 0 bridgehead atoms. The zero-order valence-electron chi connectivity index (χ0n) is 4.09. The van der Waals surface area contributed by atoms with Gasteiger partial charge in [-0.3, -0.25) is 0 Å². The SMILES string of the molecule is C#CN1C=CCC1. The van der Waals surface area contributed by atoms with Crippen molar-refractivity contribution in [1.82, 2.24) is 4.90 Å². The Bertz CT molecular complexity index is 119. The number of terminal acetylenes is 1. The molecule has 7 heavy (non-hydrogen) atoms. The van der Waals surface area contributed by atoms with Gasteiger partial charge in [-0.05, 0) is 6.42 Å². The predicted octanol–water partition coefficient (Wildman–Crippen LogP) is 0.796. The van der Waals surface area contributed by atoms with Crippen molar-refractivity contribution in [3.05, 3.63) is 12.3 Å². The molecule has 1 heteroatoms. The van der Waals surface area contributed by atoms with Crippen LogP contribution in [0.25, 0.3) is 0 Å². The molecule has 1 aliphatic rings. The summed E-state index contributed by atoms with van der Waals surface area (Å²) in [4.78, 5) is 1.83. The smallest absolute Gasteiger partial charge is 0.0343 e. The molecule has 0 unspecified atom stereocenters. The van der Waals surface area contributed by atoms with E-state index in [0.29, 0.717) is 0 Å². The molecule has 0 saturated heterocycles. The Labute approximate surface area is 43.6 Å². The molecule has 0 amide bonds. The lowest BCUT2D eigenvalue weighted by Gasteiger charge is -2.00. The minimum Gasteiger partial charge on any atom is -0.309 e. The summed E-state index contributed by atoms with van der Waals surface area (Å²) in [6.45, 7) is 0.997. The second-order valence-electron chi connectivity index (χ2n) is 1.50. The van der Waals surface area contributed by atoms with E-state index in [1.54, 1.807) is 0 Å². The van der Waals surface area contributed by atoms with Crippen molar-refractivity contribution in [1.29, 1.82) is 0 Å². The molecule has 1 nitrogen and oxygen atoms in total. The zero-order chi connectivity index (χ0) is 5.11. The minimum absolute atomic E-state index is 0.997. The summed E-state index contributed by atoms with van der Waals surface area (Å²) in [6.07, 6.45) is 10.2. The molecule has 0 aliphatic carbocycles. The Kier molecular flexibility index (Phi) is 1.04. The molecule has 36 valence electrons. The Morgan fingerprint density at radius 1 is 1.71 bits per heavy atom. The first-order chi connectivity index (χ1) is 3.43. The van der Waals surface area contributed by atoms with Gasteiger partial charge in [-0.15, -0.1) is 0 Å². The van der Waals surface area contributed by atoms with Gasteiger partial charge in [0, 0.05) is 18.8 Å². The van der Waals surface area contributed by atoms with E-state index in [0.717, 1.165) is 13.0 Å². The maximum atomic E-state index is 5.06. The zero-order valence-corrected chi connectivity index (χ0v) is 4.09. The number of hydrogen-bond acceptors (Lipinski definition) is 1. The van der Waals surface area contributed by atoms with Gasteiger partial charge in [0.1, 0.15) is 0 Å². The van der Waals surface area contributed by atoms with Gasteiger partial charge in [0.2, 0.25) is 0 Å². The van der Waals surface area contributed by atoms with E-state index in [9.17, 15) is 0 Å². The quantitative estimate of drug-likeness (QED) is 0.400. The number of hydrogen-bond donors (Lipinski definition) is 0. The minimum atomic E-state index is 0.997. The van der Waals surface area contributed by atoms with Crippen molar-refractivity contribution in [2.24, 2.45) is 0 Å². The van der Waals surface area contributed by atoms with Gasteiger partial charge < -0.3 is 4.90 Å². The molecule has 0 spiro atoms. The maximum absolute atomic E-state index is 5.06. The first kappa shape index (κ1) is 4.26. The first-order valence-corrected chi connectivity index (χ1v) is 2.33. The highest BCUT2D eigenvalue weighted by molar-refractivity contribution is 5.00. The van der Waals surface area contributed by atoms with Crippen molar-refractivity contribution in [2.75, 3.05) is 6.54 Å². The van der Waals surface area contributed by atoms with Crippen molar-refractivity contribution in [3.8, 4) is 12.5 Å². The number of rotatable bonds is 0. The van der Waals surface area contributed by atoms with E-state index in [4.69, 9.17) is 6.42 Å².